The fraction of sp³-hybridized carbons (Fsp3) is 1.00. The molecule has 19 heavy (non-hydrogen) atoms. The van der Waals surface area contributed by atoms with Crippen LogP contribution in [0.3, 0.4) is 0 Å². The van der Waals surface area contributed by atoms with E-state index in [0.717, 1.165) is 30.5 Å². The molecule has 0 amide bonds. The number of nitrogens with one attached hydrogen (secondary N) is 1. The fourth-order valence-electron chi connectivity index (χ4n) is 4.45. The van der Waals surface area contributed by atoms with Crippen LogP contribution in [0.4, 0.5) is 0 Å². The molecule has 2 rings (SSSR count). The van der Waals surface area contributed by atoms with Gasteiger partial charge in [-0.2, -0.15) is 0 Å². The molecule has 0 radical (unpaired) electrons. The summed E-state index contributed by atoms with van der Waals surface area (Å²) < 4.78 is 0. The van der Waals surface area contributed by atoms with Crippen molar-refractivity contribution in [2.45, 2.75) is 77.8 Å². The minimum atomic E-state index is 0.755. The fourth-order valence-corrected chi connectivity index (χ4v) is 4.45. The second kappa shape index (κ2) is 7.64. The summed E-state index contributed by atoms with van der Waals surface area (Å²) in [4.78, 5) is 2.83. The van der Waals surface area contributed by atoms with Crippen LogP contribution in [-0.4, -0.2) is 36.6 Å². The maximum Gasteiger partial charge on any atom is 0.0121 e. The summed E-state index contributed by atoms with van der Waals surface area (Å²) in [6, 6.07) is 1.62. The van der Waals surface area contributed by atoms with E-state index >= 15 is 0 Å². The number of likely N-dealkylation sites (tertiary alicyclic amines) is 1. The average molecular weight is 266 g/mol. The van der Waals surface area contributed by atoms with Gasteiger partial charge in [-0.05, 0) is 50.6 Å². The lowest BCUT2D eigenvalue weighted by atomic mass is 9.80. The Morgan fingerprint density at radius 2 is 1.84 bits per heavy atom. The maximum absolute atomic E-state index is 3.66. The summed E-state index contributed by atoms with van der Waals surface area (Å²) in [7, 11) is 0. The summed E-state index contributed by atoms with van der Waals surface area (Å²) in [6.07, 6.45) is 10.1. The van der Waals surface area contributed by atoms with Gasteiger partial charge in [-0.25, -0.2) is 0 Å². The molecular formula is C17H34N2. The van der Waals surface area contributed by atoms with Crippen LogP contribution in [0.2, 0.25) is 0 Å². The first-order valence-corrected chi connectivity index (χ1v) is 8.73. The van der Waals surface area contributed by atoms with E-state index in [4.69, 9.17) is 0 Å². The number of hydrogen-bond donors (Lipinski definition) is 1. The van der Waals surface area contributed by atoms with Gasteiger partial charge >= 0.3 is 0 Å². The predicted octanol–water partition coefficient (Wildman–Crippen LogP) is 3.67. The van der Waals surface area contributed by atoms with Crippen LogP contribution in [-0.2, 0) is 0 Å². The quantitative estimate of drug-likeness (QED) is 0.817. The normalized spacial score (nSPS) is 32.4. The zero-order chi connectivity index (χ0) is 13.7. The van der Waals surface area contributed by atoms with Gasteiger partial charge in [0, 0.05) is 18.6 Å². The molecular weight excluding hydrogens is 232 g/mol. The molecule has 3 unspecified atom stereocenters. The number of hydrogen-bond acceptors (Lipinski definition) is 2. The van der Waals surface area contributed by atoms with E-state index in [9.17, 15) is 0 Å². The predicted molar refractivity (Wildman–Crippen MR) is 83.5 cm³/mol. The van der Waals surface area contributed by atoms with Crippen molar-refractivity contribution >= 4 is 0 Å². The smallest absolute Gasteiger partial charge is 0.0121 e. The summed E-state index contributed by atoms with van der Waals surface area (Å²) in [5.74, 6) is 1.80. The molecule has 0 aromatic carbocycles. The largest absolute Gasteiger partial charge is 0.314 e. The molecule has 1 N–H and O–H groups in total. The summed E-state index contributed by atoms with van der Waals surface area (Å²) in [5, 5.41) is 3.66. The molecule has 2 nitrogen and oxygen atoms in total. The van der Waals surface area contributed by atoms with Crippen molar-refractivity contribution in [3.05, 3.63) is 0 Å². The molecule has 2 heteroatoms. The minimum Gasteiger partial charge on any atom is -0.314 e. The lowest BCUT2D eigenvalue weighted by molar-refractivity contribution is 0.0587. The molecule has 0 spiro atoms. The monoisotopic (exact) mass is 266 g/mol. The molecule has 112 valence electrons. The van der Waals surface area contributed by atoms with E-state index in [1.165, 1.54) is 58.0 Å². The first kappa shape index (κ1) is 15.3. The molecule has 1 heterocycles. The van der Waals surface area contributed by atoms with Gasteiger partial charge in [0.1, 0.15) is 0 Å². The topological polar surface area (TPSA) is 15.3 Å². The number of piperidine rings is 1. The third kappa shape index (κ3) is 3.95. The van der Waals surface area contributed by atoms with Gasteiger partial charge in [0.05, 0.1) is 0 Å². The van der Waals surface area contributed by atoms with Crippen molar-refractivity contribution in [3.63, 3.8) is 0 Å². The summed E-state index contributed by atoms with van der Waals surface area (Å²) in [5.41, 5.74) is 0. The molecule has 1 aliphatic carbocycles. The molecule has 3 atom stereocenters. The van der Waals surface area contributed by atoms with Crippen molar-refractivity contribution in [3.8, 4) is 0 Å². The summed E-state index contributed by atoms with van der Waals surface area (Å²) in [6.45, 7) is 10.8. The Kier molecular flexibility index (Phi) is 6.15. The Morgan fingerprint density at radius 1 is 1.11 bits per heavy atom. The lowest BCUT2D eigenvalue weighted by Gasteiger charge is -2.44. The zero-order valence-corrected chi connectivity index (χ0v) is 13.3. The molecule has 1 saturated heterocycles. The van der Waals surface area contributed by atoms with E-state index in [1.54, 1.807) is 0 Å². The van der Waals surface area contributed by atoms with Gasteiger partial charge in [0.2, 0.25) is 0 Å². The average Bonchev–Trinajstić information content (AvgIpc) is 2.44. The molecule has 0 aromatic rings. The van der Waals surface area contributed by atoms with Crippen LogP contribution >= 0.6 is 0 Å². The highest BCUT2D eigenvalue weighted by Crippen LogP contribution is 2.32. The Morgan fingerprint density at radius 3 is 2.42 bits per heavy atom. The van der Waals surface area contributed by atoms with Gasteiger partial charge in [-0.3, -0.25) is 4.90 Å². The van der Waals surface area contributed by atoms with Crippen LogP contribution in [0.5, 0.6) is 0 Å². The van der Waals surface area contributed by atoms with E-state index in [1.807, 2.05) is 0 Å². The maximum atomic E-state index is 3.66. The van der Waals surface area contributed by atoms with Crippen LogP contribution < -0.4 is 5.32 Å². The van der Waals surface area contributed by atoms with Crippen molar-refractivity contribution < 1.29 is 0 Å². The summed E-state index contributed by atoms with van der Waals surface area (Å²) >= 11 is 0. The van der Waals surface area contributed by atoms with Crippen molar-refractivity contribution in [2.24, 2.45) is 11.8 Å². The van der Waals surface area contributed by atoms with Crippen LogP contribution in [0.25, 0.3) is 0 Å². The van der Waals surface area contributed by atoms with E-state index in [0.29, 0.717) is 0 Å². The highest BCUT2D eigenvalue weighted by atomic mass is 15.2. The Bertz CT molecular complexity index is 248. The van der Waals surface area contributed by atoms with Gasteiger partial charge in [0.15, 0.2) is 0 Å². The van der Waals surface area contributed by atoms with Gasteiger partial charge < -0.3 is 5.32 Å². The van der Waals surface area contributed by atoms with E-state index < -0.39 is 0 Å². The van der Waals surface area contributed by atoms with Crippen LogP contribution in [0, 0.1) is 11.8 Å². The molecule has 2 fully saturated rings. The highest BCUT2D eigenvalue weighted by molar-refractivity contribution is 4.88. The second-order valence-electron chi connectivity index (χ2n) is 6.80. The second-order valence-corrected chi connectivity index (χ2v) is 6.80. The molecule has 2 aliphatic rings. The van der Waals surface area contributed by atoms with Crippen molar-refractivity contribution in [1.29, 1.82) is 0 Å². The zero-order valence-electron chi connectivity index (χ0n) is 13.3. The lowest BCUT2D eigenvalue weighted by Crippen LogP contribution is -2.53. The van der Waals surface area contributed by atoms with Crippen molar-refractivity contribution in [2.75, 3.05) is 19.6 Å². The first-order valence-electron chi connectivity index (χ1n) is 8.73. The third-order valence-corrected chi connectivity index (χ3v) is 5.48. The third-order valence-electron chi connectivity index (χ3n) is 5.48. The van der Waals surface area contributed by atoms with E-state index in [-0.39, 0.29) is 0 Å². The van der Waals surface area contributed by atoms with E-state index in [2.05, 4.69) is 31.0 Å². The molecule has 0 bridgehead atoms. The van der Waals surface area contributed by atoms with Crippen molar-refractivity contribution in [1.82, 2.24) is 10.2 Å². The highest BCUT2D eigenvalue weighted by Gasteiger charge is 2.32. The van der Waals surface area contributed by atoms with Gasteiger partial charge in [0.25, 0.3) is 0 Å². The Hall–Kier alpha value is -0.0800. The van der Waals surface area contributed by atoms with Gasteiger partial charge in [-0.15, -0.1) is 0 Å². The Balaban J connectivity index is 1.89. The molecule has 0 aromatic heterocycles. The Labute approximate surface area is 120 Å². The first-order chi connectivity index (χ1) is 9.26. The minimum absolute atomic E-state index is 0.755. The van der Waals surface area contributed by atoms with Crippen LogP contribution in [0.15, 0.2) is 0 Å². The number of rotatable bonds is 5. The standard InChI is InChI=1S/C17H34N2/c1-4-17(15-9-7-6-8-10-15)19-12-11-16(18-5-2)14(3)13-19/h14-18H,4-13H2,1-3H3. The molecule has 1 aliphatic heterocycles. The van der Waals surface area contributed by atoms with Crippen LogP contribution in [0.1, 0.15) is 65.7 Å². The number of nitrogens with zero attached hydrogens (tertiary/aromatic N) is 1. The SMILES string of the molecule is CCNC1CCN(C(CC)C2CCCCC2)CC1C. The molecule has 1 saturated carbocycles. The van der Waals surface area contributed by atoms with Gasteiger partial charge in [-0.1, -0.05) is 40.0 Å².